The summed E-state index contributed by atoms with van der Waals surface area (Å²) < 4.78 is 30.8. The summed E-state index contributed by atoms with van der Waals surface area (Å²) in [7, 11) is 3.20. The molecule has 0 aliphatic rings. The molecule has 0 saturated heterocycles. The van der Waals surface area contributed by atoms with Crippen molar-refractivity contribution < 1.29 is 47.6 Å². The summed E-state index contributed by atoms with van der Waals surface area (Å²) in [6, 6.07) is 34.3. The second-order valence-electron chi connectivity index (χ2n) is 11.6. The second-order valence-corrected chi connectivity index (χ2v) is 11.6. The lowest BCUT2D eigenvalue weighted by Gasteiger charge is -2.26. The summed E-state index contributed by atoms with van der Waals surface area (Å²) >= 11 is 0. The van der Waals surface area contributed by atoms with Gasteiger partial charge < -0.3 is 28.4 Å². The van der Waals surface area contributed by atoms with Gasteiger partial charge in [0.25, 0.3) is 0 Å². The predicted octanol–water partition coefficient (Wildman–Crippen LogP) is 8.01. The van der Waals surface area contributed by atoms with E-state index in [0.717, 1.165) is 11.3 Å². The van der Waals surface area contributed by atoms with E-state index in [2.05, 4.69) is 26.0 Å². The molecule has 0 heterocycles. The molecule has 0 atom stereocenters. The summed E-state index contributed by atoms with van der Waals surface area (Å²) in [6.45, 7) is 7.01. The minimum atomic E-state index is -0.577. The third kappa shape index (κ3) is 10.8. The van der Waals surface area contributed by atoms with E-state index < -0.39 is 17.9 Å². The number of esters is 4. The molecule has 0 spiro atoms. The summed E-state index contributed by atoms with van der Waals surface area (Å²) in [6.07, 6.45) is 0. The number of ether oxygens (including phenoxy) is 6. The smallest absolute Gasteiger partial charge is 0.343 e. The second kappa shape index (κ2) is 17.3. The van der Waals surface area contributed by atoms with Crippen LogP contribution in [0.1, 0.15) is 59.5 Å². The number of carbonyl (C=O) groups is 4. The van der Waals surface area contributed by atoms with Gasteiger partial charge in [0.15, 0.2) is 0 Å². The Morgan fingerprint density at radius 3 is 0.961 bits per heavy atom. The van der Waals surface area contributed by atoms with Gasteiger partial charge >= 0.3 is 23.9 Å². The van der Waals surface area contributed by atoms with Crippen LogP contribution in [0.25, 0.3) is 0 Å². The highest BCUT2D eigenvalue weighted by Crippen LogP contribution is 2.33. The quantitative estimate of drug-likeness (QED) is 0.105. The molecule has 0 bridgehead atoms. The molecule has 0 aliphatic heterocycles. The van der Waals surface area contributed by atoms with Crippen molar-refractivity contribution in [3.63, 3.8) is 0 Å². The average Bonchev–Trinajstić information content (AvgIpc) is 3.12. The highest BCUT2D eigenvalue weighted by molar-refractivity contribution is 5.92. The zero-order chi connectivity index (χ0) is 37.0. The Morgan fingerprint density at radius 1 is 0.392 bits per heavy atom. The van der Waals surface area contributed by atoms with E-state index in [-0.39, 0.29) is 17.1 Å². The number of benzene rings is 5. The van der Waals surface area contributed by atoms with Crippen molar-refractivity contribution in [1.82, 2.24) is 0 Å². The first-order valence-corrected chi connectivity index (χ1v) is 15.8. The molecule has 5 aromatic rings. The summed E-state index contributed by atoms with van der Waals surface area (Å²) in [4.78, 5) is 46.3. The van der Waals surface area contributed by atoms with E-state index in [0.29, 0.717) is 34.1 Å². The summed E-state index contributed by atoms with van der Waals surface area (Å²) in [5.74, 6) is 1.13. The van der Waals surface area contributed by atoms with E-state index in [1.165, 1.54) is 67.9 Å². The number of carbonyl (C=O) groups excluding carboxylic acids is 4. The van der Waals surface area contributed by atoms with E-state index in [9.17, 15) is 19.2 Å². The van der Waals surface area contributed by atoms with Crippen molar-refractivity contribution in [1.29, 1.82) is 0 Å². The van der Waals surface area contributed by atoms with Crippen LogP contribution in [0.5, 0.6) is 34.5 Å². The lowest BCUT2D eigenvalue weighted by molar-refractivity contribution is -0.132. The zero-order valence-corrected chi connectivity index (χ0v) is 29.1. The van der Waals surface area contributed by atoms with Crippen molar-refractivity contribution in [2.24, 2.45) is 0 Å². The van der Waals surface area contributed by atoms with Crippen LogP contribution < -0.4 is 28.4 Å². The first kappa shape index (κ1) is 37.4. The lowest BCUT2D eigenvalue weighted by Crippen LogP contribution is -2.18. The maximum absolute atomic E-state index is 12.2. The van der Waals surface area contributed by atoms with Crippen molar-refractivity contribution >= 4 is 23.9 Å². The van der Waals surface area contributed by atoms with Gasteiger partial charge in [0, 0.05) is 19.3 Å². The number of hydrogen-bond acceptors (Lipinski definition) is 10. The standard InChI is InChI=1S/C23H18O7.C18H20O3/c1-15(24)28-19-9-5-17(6-10-19)23(26)30-21-13-11-20(12-14-21)29-22(25)16-3-7-18(27-2)8-4-16;1-13(19)21-17-11-7-15(8-12-17)18(2,3)14-5-9-16(20-4)10-6-14/h3-14H,1-2H3;5-12H,1-4H3. The highest BCUT2D eigenvalue weighted by atomic mass is 16.5. The molecule has 0 aromatic heterocycles. The molecule has 262 valence electrons. The molecule has 5 rings (SSSR count). The van der Waals surface area contributed by atoms with Gasteiger partial charge in [0.1, 0.15) is 34.5 Å². The van der Waals surface area contributed by atoms with E-state index in [1.807, 2.05) is 36.4 Å². The molecule has 10 heteroatoms. The van der Waals surface area contributed by atoms with Gasteiger partial charge in [0.05, 0.1) is 25.3 Å². The minimum Gasteiger partial charge on any atom is -0.497 e. The largest absolute Gasteiger partial charge is 0.497 e. The topological polar surface area (TPSA) is 124 Å². The van der Waals surface area contributed by atoms with Gasteiger partial charge in [-0.25, -0.2) is 9.59 Å². The van der Waals surface area contributed by atoms with E-state index in [4.69, 9.17) is 28.4 Å². The Balaban J connectivity index is 0.000000244. The molecule has 0 saturated carbocycles. The van der Waals surface area contributed by atoms with Crippen LogP contribution in [0.15, 0.2) is 121 Å². The molecule has 10 nitrogen and oxygen atoms in total. The van der Waals surface area contributed by atoms with E-state index >= 15 is 0 Å². The van der Waals surface area contributed by atoms with Crippen molar-refractivity contribution in [3.8, 4) is 34.5 Å². The monoisotopic (exact) mass is 690 g/mol. The SMILES string of the molecule is COc1ccc(C(=O)Oc2ccc(OC(=O)c3ccc(OC(C)=O)cc3)cc2)cc1.COc1ccc(C(C)(C)c2ccc(OC(C)=O)cc2)cc1. The van der Waals surface area contributed by atoms with Crippen LogP contribution in [0.4, 0.5) is 0 Å². The molecule has 0 unspecified atom stereocenters. The Morgan fingerprint density at radius 2 is 0.647 bits per heavy atom. The zero-order valence-electron chi connectivity index (χ0n) is 29.1. The van der Waals surface area contributed by atoms with Gasteiger partial charge in [-0.3, -0.25) is 9.59 Å². The van der Waals surface area contributed by atoms with Crippen LogP contribution in [-0.2, 0) is 15.0 Å². The predicted molar refractivity (Wildman–Crippen MR) is 190 cm³/mol. The Hall–Kier alpha value is -6.42. The normalized spacial score (nSPS) is 10.5. The molecule has 0 radical (unpaired) electrons. The maximum atomic E-state index is 12.2. The fraction of sp³-hybridized carbons (Fsp3) is 0.171. The van der Waals surface area contributed by atoms with Crippen molar-refractivity contribution in [2.45, 2.75) is 33.1 Å². The Kier molecular flexibility index (Phi) is 12.7. The van der Waals surface area contributed by atoms with Crippen LogP contribution in [0, 0.1) is 0 Å². The summed E-state index contributed by atoms with van der Waals surface area (Å²) in [5, 5.41) is 0. The number of methoxy groups -OCH3 is 2. The molecule has 5 aromatic carbocycles. The molecule has 51 heavy (non-hydrogen) atoms. The van der Waals surface area contributed by atoms with Gasteiger partial charge in [0.2, 0.25) is 0 Å². The molecule has 0 fully saturated rings. The van der Waals surface area contributed by atoms with Crippen LogP contribution in [-0.4, -0.2) is 38.1 Å². The minimum absolute atomic E-state index is 0.138. The van der Waals surface area contributed by atoms with Crippen LogP contribution >= 0.6 is 0 Å². The fourth-order valence-electron chi connectivity index (χ4n) is 4.74. The highest BCUT2D eigenvalue weighted by Gasteiger charge is 2.23. The average molecular weight is 691 g/mol. The van der Waals surface area contributed by atoms with Crippen LogP contribution in [0.3, 0.4) is 0 Å². The van der Waals surface area contributed by atoms with E-state index in [1.54, 1.807) is 38.5 Å². The van der Waals surface area contributed by atoms with Crippen LogP contribution in [0.2, 0.25) is 0 Å². The van der Waals surface area contributed by atoms with Gasteiger partial charge in [-0.15, -0.1) is 0 Å². The first-order valence-electron chi connectivity index (χ1n) is 15.8. The molecular formula is C41H38O10. The van der Waals surface area contributed by atoms with Crippen molar-refractivity contribution in [3.05, 3.63) is 144 Å². The molecule has 0 aliphatic carbocycles. The lowest BCUT2D eigenvalue weighted by atomic mass is 9.78. The third-order valence-corrected chi connectivity index (χ3v) is 7.57. The molecular weight excluding hydrogens is 652 g/mol. The Labute approximate surface area is 296 Å². The number of hydrogen-bond donors (Lipinski definition) is 0. The molecule has 0 N–H and O–H groups in total. The van der Waals surface area contributed by atoms with Gasteiger partial charge in [-0.2, -0.15) is 0 Å². The van der Waals surface area contributed by atoms with Gasteiger partial charge in [-0.05, 0) is 108 Å². The molecule has 0 amide bonds. The fourth-order valence-corrected chi connectivity index (χ4v) is 4.74. The maximum Gasteiger partial charge on any atom is 0.343 e. The first-order chi connectivity index (χ1) is 24.4. The third-order valence-electron chi connectivity index (χ3n) is 7.57. The van der Waals surface area contributed by atoms with Crippen molar-refractivity contribution in [2.75, 3.05) is 14.2 Å². The summed E-state index contributed by atoms with van der Waals surface area (Å²) in [5.41, 5.74) is 2.89. The number of rotatable bonds is 10. The Bertz CT molecular complexity index is 1930. The van der Waals surface area contributed by atoms with Gasteiger partial charge in [-0.1, -0.05) is 38.1 Å².